The van der Waals surface area contributed by atoms with E-state index in [1.54, 1.807) is 48.5 Å². The van der Waals surface area contributed by atoms with Gasteiger partial charge in [-0.2, -0.15) is 13.2 Å². The first kappa shape index (κ1) is 33.4. The second-order valence-electron chi connectivity index (χ2n) is 9.58. The second kappa shape index (κ2) is 14.4. The number of halogens is 5. The molecular formula is C29H30BrClF3N3O4S. The monoisotopic (exact) mass is 687 g/mol. The fourth-order valence-electron chi connectivity index (χ4n) is 4.25. The Labute approximate surface area is 256 Å². The smallest absolute Gasteiger partial charge is 0.354 e. The van der Waals surface area contributed by atoms with Crippen molar-refractivity contribution < 1.29 is 31.2 Å². The largest absolute Gasteiger partial charge is 0.417 e. The Morgan fingerprint density at radius 2 is 1.67 bits per heavy atom. The van der Waals surface area contributed by atoms with Gasteiger partial charge in [-0.15, -0.1) is 0 Å². The van der Waals surface area contributed by atoms with E-state index in [9.17, 15) is 31.2 Å². The third kappa shape index (κ3) is 9.20. The number of carbonyl (C=O) groups excluding carboxylic acids is 2. The quantitative estimate of drug-likeness (QED) is 0.251. The van der Waals surface area contributed by atoms with Crippen molar-refractivity contribution >= 4 is 55.1 Å². The van der Waals surface area contributed by atoms with E-state index in [1.165, 1.54) is 4.90 Å². The molecular weight excluding hydrogens is 659 g/mol. The highest BCUT2D eigenvalue weighted by molar-refractivity contribution is 9.10. The number of amides is 2. The zero-order chi connectivity index (χ0) is 31.1. The van der Waals surface area contributed by atoms with Crippen LogP contribution in [0.2, 0.25) is 5.02 Å². The predicted molar refractivity (Wildman–Crippen MR) is 161 cm³/mol. The lowest BCUT2D eigenvalue weighted by Crippen LogP contribution is -2.53. The van der Waals surface area contributed by atoms with Gasteiger partial charge in [0.15, 0.2) is 0 Å². The first-order chi connectivity index (χ1) is 19.7. The maximum Gasteiger partial charge on any atom is 0.417 e. The maximum atomic E-state index is 14.0. The fraction of sp³-hybridized carbons (Fsp3) is 0.310. The molecule has 0 aromatic heterocycles. The average Bonchev–Trinajstić information content (AvgIpc) is 2.92. The number of benzene rings is 3. The van der Waals surface area contributed by atoms with E-state index < -0.39 is 51.2 Å². The van der Waals surface area contributed by atoms with Gasteiger partial charge in [0.05, 0.1) is 22.5 Å². The number of nitrogens with one attached hydrogen (secondary N) is 1. The molecule has 0 saturated heterocycles. The molecule has 1 N–H and O–H groups in total. The molecule has 0 heterocycles. The van der Waals surface area contributed by atoms with Crippen LogP contribution in [0.5, 0.6) is 0 Å². The molecule has 0 spiro atoms. The first-order valence-corrected chi connectivity index (χ1v) is 15.9. The molecule has 0 saturated carbocycles. The molecule has 1 atom stereocenters. The Balaban J connectivity index is 2.09. The van der Waals surface area contributed by atoms with Crippen LogP contribution in [0, 0.1) is 0 Å². The lowest BCUT2D eigenvalue weighted by atomic mass is 10.0. The molecule has 0 bridgehead atoms. The molecule has 7 nitrogen and oxygen atoms in total. The highest BCUT2D eigenvalue weighted by Crippen LogP contribution is 2.37. The van der Waals surface area contributed by atoms with Crippen LogP contribution in [0.25, 0.3) is 0 Å². The maximum absolute atomic E-state index is 14.0. The number of sulfonamides is 1. The molecule has 13 heteroatoms. The second-order valence-corrected chi connectivity index (χ2v) is 12.8. The summed E-state index contributed by atoms with van der Waals surface area (Å²) in [5, 5.41) is 2.20. The van der Waals surface area contributed by atoms with Gasteiger partial charge in [0.1, 0.15) is 12.6 Å². The summed E-state index contributed by atoms with van der Waals surface area (Å²) in [6, 6.07) is 17.6. The third-order valence-electron chi connectivity index (χ3n) is 6.28. The minimum atomic E-state index is -4.86. The standard InChI is InChI=1S/C29H30BrClF3N3O4S/c1-3-14-35-28(39)26(16-20-8-5-4-6-9-20)36(18-21-10-7-11-22(30)15-21)27(38)19-37(42(2,40)41)23-12-13-25(31)24(17-23)29(32,33)34/h4-13,15,17,26H,3,14,16,18-19H2,1-2H3,(H,35,39)/t26-/m1/s1. The molecule has 0 radical (unpaired) electrons. The van der Waals surface area contributed by atoms with Crippen molar-refractivity contribution in [3.05, 3.63) is 99.0 Å². The van der Waals surface area contributed by atoms with E-state index in [1.807, 2.05) is 13.0 Å². The number of rotatable bonds is 12. The number of hydrogen-bond acceptors (Lipinski definition) is 4. The number of anilines is 1. The molecule has 3 aromatic carbocycles. The summed E-state index contributed by atoms with van der Waals surface area (Å²) >= 11 is 9.14. The van der Waals surface area contributed by atoms with E-state index in [0.717, 1.165) is 28.4 Å². The van der Waals surface area contributed by atoms with Gasteiger partial charge in [0.25, 0.3) is 0 Å². The van der Waals surface area contributed by atoms with Crippen LogP contribution in [-0.2, 0) is 38.8 Å². The Hall–Kier alpha value is -3.09. The molecule has 0 aliphatic heterocycles. The Morgan fingerprint density at radius 1 is 1.00 bits per heavy atom. The van der Waals surface area contributed by atoms with Gasteiger partial charge in [0, 0.05) is 24.0 Å². The van der Waals surface area contributed by atoms with Crippen molar-refractivity contribution in [1.82, 2.24) is 10.2 Å². The minimum Gasteiger partial charge on any atom is -0.354 e. The van der Waals surface area contributed by atoms with Crippen LogP contribution in [0.4, 0.5) is 18.9 Å². The van der Waals surface area contributed by atoms with Crippen LogP contribution >= 0.6 is 27.5 Å². The summed E-state index contributed by atoms with van der Waals surface area (Å²) in [5.74, 6) is -1.22. The Kier molecular flexibility index (Phi) is 11.4. The average molecular weight is 689 g/mol. The number of alkyl halides is 3. The lowest BCUT2D eigenvalue weighted by Gasteiger charge is -2.33. The van der Waals surface area contributed by atoms with E-state index in [-0.39, 0.29) is 18.7 Å². The van der Waals surface area contributed by atoms with E-state index >= 15 is 0 Å². The number of carbonyl (C=O) groups is 2. The minimum absolute atomic E-state index is 0.0681. The summed E-state index contributed by atoms with van der Waals surface area (Å²) in [5.41, 5.74) is -0.223. The summed E-state index contributed by atoms with van der Waals surface area (Å²) in [7, 11) is -4.25. The molecule has 2 amide bonds. The Bertz CT molecular complexity index is 1510. The van der Waals surface area contributed by atoms with Crippen molar-refractivity contribution in [1.29, 1.82) is 0 Å². The fourth-order valence-corrected chi connectivity index (χ4v) is 5.76. The van der Waals surface area contributed by atoms with Crippen LogP contribution in [0.3, 0.4) is 0 Å². The van der Waals surface area contributed by atoms with Gasteiger partial charge >= 0.3 is 6.18 Å². The normalized spacial score (nSPS) is 12.5. The third-order valence-corrected chi connectivity index (χ3v) is 8.25. The number of nitrogens with zero attached hydrogens (tertiary/aromatic N) is 2. The lowest BCUT2D eigenvalue weighted by molar-refractivity contribution is -0.140. The molecule has 3 aromatic rings. The van der Waals surface area contributed by atoms with Crippen LogP contribution < -0.4 is 9.62 Å². The molecule has 42 heavy (non-hydrogen) atoms. The highest BCUT2D eigenvalue weighted by Gasteiger charge is 2.36. The van der Waals surface area contributed by atoms with Gasteiger partial charge in [-0.3, -0.25) is 13.9 Å². The van der Waals surface area contributed by atoms with Crippen molar-refractivity contribution in [3.8, 4) is 0 Å². The molecule has 3 rings (SSSR count). The molecule has 0 unspecified atom stereocenters. The highest BCUT2D eigenvalue weighted by atomic mass is 79.9. The topological polar surface area (TPSA) is 86.8 Å². The van der Waals surface area contributed by atoms with Crippen molar-refractivity contribution in [2.75, 3.05) is 23.7 Å². The summed E-state index contributed by atoms with van der Waals surface area (Å²) in [4.78, 5) is 28.7. The van der Waals surface area contributed by atoms with Gasteiger partial charge in [0.2, 0.25) is 21.8 Å². The van der Waals surface area contributed by atoms with Crippen LogP contribution in [0.1, 0.15) is 30.0 Å². The van der Waals surface area contributed by atoms with E-state index in [4.69, 9.17) is 11.6 Å². The predicted octanol–water partition coefficient (Wildman–Crippen LogP) is 6.05. The van der Waals surface area contributed by atoms with Crippen molar-refractivity contribution in [3.63, 3.8) is 0 Å². The van der Waals surface area contributed by atoms with Crippen molar-refractivity contribution in [2.24, 2.45) is 0 Å². The summed E-state index contributed by atoms with van der Waals surface area (Å²) in [6.07, 6.45) is -3.31. The van der Waals surface area contributed by atoms with Gasteiger partial charge in [-0.25, -0.2) is 8.42 Å². The Morgan fingerprint density at radius 3 is 2.26 bits per heavy atom. The van der Waals surface area contributed by atoms with Crippen LogP contribution in [0.15, 0.2) is 77.3 Å². The molecule has 0 aliphatic rings. The van der Waals surface area contributed by atoms with Crippen LogP contribution in [-0.4, -0.2) is 50.5 Å². The first-order valence-electron chi connectivity index (χ1n) is 12.9. The van der Waals surface area contributed by atoms with E-state index in [2.05, 4.69) is 21.2 Å². The summed E-state index contributed by atoms with van der Waals surface area (Å²) in [6.45, 7) is 1.31. The van der Waals surface area contributed by atoms with E-state index in [0.29, 0.717) is 28.9 Å². The van der Waals surface area contributed by atoms with Gasteiger partial charge < -0.3 is 10.2 Å². The molecule has 0 fully saturated rings. The number of hydrogen-bond donors (Lipinski definition) is 1. The SMILES string of the molecule is CCCNC(=O)[C@@H](Cc1ccccc1)N(Cc1cccc(Br)c1)C(=O)CN(c1ccc(Cl)c(C(F)(F)F)c1)S(C)(=O)=O. The zero-order valence-electron chi connectivity index (χ0n) is 22.9. The summed E-state index contributed by atoms with van der Waals surface area (Å²) < 4.78 is 67.7. The van der Waals surface area contributed by atoms with Gasteiger partial charge in [-0.1, -0.05) is 76.9 Å². The zero-order valence-corrected chi connectivity index (χ0v) is 26.0. The van der Waals surface area contributed by atoms with Gasteiger partial charge in [-0.05, 0) is 47.9 Å². The molecule has 226 valence electrons. The molecule has 0 aliphatic carbocycles. The van der Waals surface area contributed by atoms with Crippen molar-refractivity contribution in [2.45, 2.75) is 38.5 Å².